The van der Waals surface area contributed by atoms with Gasteiger partial charge in [-0.2, -0.15) is 0 Å². The quantitative estimate of drug-likeness (QED) is 0.685. The number of unbranched alkanes of at least 4 members (excludes halogenated alkanes) is 3. The van der Waals surface area contributed by atoms with Gasteiger partial charge in [0.05, 0.1) is 6.61 Å². The lowest BCUT2D eigenvalue weighted by molar-refractivity contribution is 0.304. The molecule has 0 aromatic heterocycles. The highest BCUT2D eigenvalue weighted by atomic mass is 16.5. The van der Waals surface area contributed by atoms with Gasteiger partial charge >= 0.3 is 0 Å². The lowest BCUT2D eigenvalue weighted by Crippen LogP contribution is -2.23. The highest BCUT2D eigenvalue weighted by molar-refractivity contribution is 5.38. The van der Waals surface area contributed by atoms with Crippen molar-refractivity contribution in [2.45, 2.75) is 64.8 Å². The maximum atomic E-state index is 5.86. The van der Waals surface area contributed by atoms with Crippen LogP contribution < -0.4 is 10.1 Å². The van der Waals surface area contributed by atoms with Crippen molar-refractivity contribution in [1.29, 1.82) is 0 Å². The summed E-state index contributed by atoms with van der Waals surface area (Å²) >= 11 is 0. The molecule has 0 fully saturated rings. The van der Waals surface area contributed by atoms with Gasteiger partial charge in [-0.3, -0.25) is 0 Å². The molecule has 0 saturated carbocycles. The van der Waals surface area contributed by atoms with Gasteiger partial charge in [-0.25, -0.2) is 0 Å². The van der Waals surface area contributed by atoms with Crippen molar-refractivity contribution in [2.75, 3.05) is 13.2 Å². The minimum absolute atomic E-state index is 0.609. The molecule has 112 valence electrons. The lowest BCUT2D eigenvalue weighted by atomic mass is 10.1. The fourth-order valence-corrected chi connectivity index (χ4v) is 2.80. The average Bonchev–Trinajstić information content (AvgIpc) is 2.89. The summed E-state index contributed by atoms with van der Waals surface area (Å²) < 4.78 is 5.86. The average molecular weight is 275 g/mol. The molecule has 1 aromatic carbocycles. The van der Waals surface area contributed by atoms with Gasteiger partial charge in [0, 0.05) is 6.04 Å². The molecule has 0 aliphatic heterocycles. The number of ether oxygens (including phenoxy) is 1. The van der Waals surface area contributed by atoms with Crippen LogP contribution in [0.1, 0.15) is 57.1 Å². The van der Waals surface area contributed by atoms with E-state index in [1.165, 1.54) is 56.1 Å². The van der Waals surface area contributed by atoms with Crippen molar-refractivity contribution in [3.8, 4) is 5.75 Å². The van der Waals surface area contributed by atoms with Crippen LogP contribution in [0, 0.1) is 0 Å². The molecule has 2 rings (SSSR count). The third-order valence-corrected chi connectivity index (χ3v) is 3.96. The Bertz CT molecular complexity index is 400. The van der Waals surface area contributed by atoms with Crippen molar-refractivity contribution in [3.63, 3.8) is 0 Å². The molecule has 0 unspecified atom stereocenters. The largest absolute Gasteiger partial charge is 0.494 e. The normalized spacial score (nSPS) is 13.8. The topological polar surface area (TPSA) is 21.3 Å². The third kappa shape index (κ3) is 5.16. The van der Waals surface area contributed by atoms with Gasteiger partial charge in [0.1, 0.15) is 5.75 Å². The second-order valence-corrected chi connectivity index (χ2v) is 6.16. The first-order valence-corrected chi connectivity index (χ1v) is 8.23. The Morgan fingerprint density at radius 1 is 1.05 bits per heavy atom. The zero-order valence-corrected chi connectivity index (χ0v) is 13.1. The molecule has 2 heteroatoms. The lowest BCUT2D eigenvalue weighted by Gasteiger charge is -2.09. The summed E-state index contributed by atoms with van der Waals surface area (Å²) in [4.78, 5) is 0. The van der Waals surface area contributed by atoms with Crippen LogP contribution in [0.4, 0.5) is 0 Å². The van der Waals surface area contributed by atoms with E-state index in [-0.39, 0.29) is 0 Å². The van der Waals surface area contributed by atoms with Crippen LogP contribution in [0.5, 0.6) is 5.75 Å². The van der Waals surface area contributed by atoms with E-state index in [4.69, 9.17) is 4.74 Å². The van der Waals surface area contributed by atoms with Gasteiger partial charge in [-0.05, 0) is 61.9 Å². The SMILES string of the molecule is CC(C)NCCCCCCOc1ccc2c(c1)CCC2. The van der Waals surface area contributed by atoms with E-state index in [1.807, 2.05) is 0 Å². The molecule has 0 atom stereocenters. The summed E-state index contributed by atoms with van der Waals surface area (Å²) in [5, 5.41) is 3.45. The monoisotopic (exact) mass is 275 g/mol. The minimum Gasteiger partial charge on any atom is -0.494 e. The van der Waals surface area contributed by atoms with Crippen LogP contribution in [-0.2, 0) is 12.8 Å². The summed E-state index contributed by atoms with van der Waals surface area (Å²) in [6, 6.07) is 7.24. The zero-order valence-electron chi connectivity index (χ0n) is 13.1. The summed E-state index contributed by atoms with van der Waals surface area (Å²) in [6.45, 7) is 6.40. The van der Waals surface area contributed by atoms with Crippen LogP contribution in [0.25, 0.3) is 0 Å². The number of rotatable bonds is 9. The van der Waals surface area contributed by atoms with Crippen molar-refractivity contribution >= 4 is 0 Å². The number of hydrogen-bond donors (Lipinski definition) is 1. The molecular weight excluding hydrogens is 246 g/mol. The molecule has 1 N–H and O–H groups in total. The number of aryl methyl sites for hydroxylation is 2. The maximum absolute atomic E-state index is 5.86. The number of benzene rings is 1. The molecule has 1 aliphatic rings. The minimum atomic E-state index is 0.609. The van der Waals surface area contributed by atoms with Gasteiger partial charge in [0.2, 0.25) is 0 Å². The van der Waals surface area contributed by atoms with Crippen LogP contribution in [0.3, 0.4) is 0 Å². The van der Waals surface area contributed by atoms with Gasteiger partial charge in [-0.1, -0.05) is 32.8 Å². The van der Waals surface area contributed by atoms with Crippen molar-refractivity contribution < 1.29 is 4.74 Å². The summed E-state index contributed by atoms with van der Waals surface area (Å²) in [6.07, 6.45) is 8.80. The fourth-order valence-electron chi connectivity index (χ4n) is 2.80. The Balaban J connectivity index is 1.53. The van der Waals surface area contributed by atoms with E-state index in [0.717, 1.165) is 18.9 Å². The Morgan fingerprint density at radius 2 is 1.85 bits per heavy atom. The second kappa shape index (κ2) is 8.31. The summed E-state index contributed by atoms with van der Waals surface area (Å²) in [5.74, 6) is 1.06. The van der Waals surface area contributed by atoms with E-state index >= 15 is 0 Å². The summed E-state index contributed by atoms with van der Waals surface area (Å²) in [7, 11) is 0. The van der Waals surface area contributed by atoms with E-state index < -0.39 is 0 Å². The molecule has 20 heavy (non-hydrogen) atoms. The van der Waals surface area contributed by atoms with Crippen LogP contribution in [0.2, 0.25) is 0 Å². The van der Waals surface area contributed by atoms with E-state index in [1.54, 1.807) is 0 Å². The second-order valence-electron chi connectivity index (χ2n) is 6.16. The Morgan fingerprint density at radius 3 is 2.70 bits per heavy atom. The predicted octanol–water partition coefficient (Wildman–Crippen LogP) is 4.11. The number of hydrogen-bond acceptors (Lipinski definition) is 2. The molecule has 0 amide bonds. The number of nitrogens with one attached hydrogen (secondary N) is 1. The summed E-state index contributed by atoms with van der Waals surface area (Å²) in [5.41, 5.74) is 3.03. The fraction of sp³-hybridized carbons (Fsp3) is 0.667. The van der Waals surface area contributed by atoms with Crippen LogP contribution in [0.15, 0.2) is 18.2 Å². The highest BCUT2D eigenvalue weighted by Crippen LogP contribution is 2.26. The molecule has 0 radical (unpaired) electrons. The first-order valence-electron chi connectivity index (χ1n) is 8.23. The van der Waals surface area contributed by atoms with Gasteiger partial charge < -0.3 is 10.1 Å². The molecule has 1 aliphatic carbocycles. The standard InChI is InChI=1S/C18H29NO/c1-15(2)19-12-5-3-4-6-13-20-18-11-10-16-8-7-9-17(16)14-18/h10-11,14-15,19H,3-9,12-13H2,1-2H3. The maximum Gasteiger partial charge on any atom is 0.119 e. The van der Waals surface area contributed by atoms with Crippen molar-refractivity contribution in [1.82, 2.24) is 5.32 Å². The zero-order chi connectivity index (χ0) is 14.2. The molecule has 0 spiro atoms. The van der Waals surface area contributed by atoms with Gasteiger partial charge in [0.25, 0.3) is 0 Å². The molecular formula is C18H29NO. The van der Waals surface area contributed by atoms with Crippen LogP contribution >= 0.6 is 0 Å². The molecule has 1 aromatic rings. The highest BCUT2D eigenvalue weighted by Gasteiger charge is 2.10. The molecule has 2 nitrogen and oxygen atoms in total. The molecule has 0 saturated heterocycles. The third-order valence-electron chi connectivity index (χ3n) is 3.96. The Hall–Kier alpha value is -1.02. The molecule has 0 heterocycles. The van der Waals surface area contributed by atoms with Gasteiger partial charge in [-0.15, -0.1) is 0 Å². The predicted molar refractivity (Wildman–Crippen MR) is 85.6 cm³/mol. The van der Waals surface area contributed by atoms with Crippen molar-refractivity contribution in [2.24, 2.45) is 0 Å². The first kappa shape index (κ1) is 15.4. The smallest absolute Gasteiger partial charge is 0.119 e. The van der Waals surface area contributed by atoms with E-state index in [9.17, 15) is 0 Å². The Labute approximate surface area is 123 Å². The van der Waals surface area contributed by atoms with E-state index in [2.05, 4.69) is 37.4 Å². The van der Waals surface area contributed by atoms with Crippen LogP contribution in [-0.4, -0.2) is 19.2 Å². The van der Waals surface area contributed by atoms with E-state index in [0.29, 0.717) is 6.04 Å². The van der Waals surface area contributed by atoms with Gasteiger partial charge in [0.15, 0.2) is 0 Å². The van der Waals surface area contributed by atoms with Crippen molar-refractivity contribution in [3.05, 3.63) is 29.3 Å². The molecule has 0 bridgehead atoms. The Kier molecular flexibility index (Phi) is 6.38. The first-order chi connectivity index (χ1) is 9.75. The number of fused-ring (bicyclic) bond motifs is 1.